The minimum absolute atomic E-state index is 0.453. The Labute approximate surface area is 156 Å². The maximum atomic E-state index is 5.33. The molecule has 1 fully saturated rings. The van der Waals surface area contributed by atoms with Crippen LogP contribution in [0.5, 0.6) is 5.75 Å². The molecule has 0 aromatic heterocycles. The van der Waals surface area contributed by atoms with Gasteiger partial charge in [-0.05, 0) is 53.8 Å². The van der Waals surface area contributed by atoms with Crippen molar-refractivity contribution in [3.05, 3.63) is 65.7 Å². The number of anilines is 1. The fraction of sp³-hybridized carbons (Fsp3) is 0.391. The van der Waals surface area contributed by atoms with Gasteiger partial charge < -0.3 is 15.0 Å². The molecule has 3 nitrogen and oxygen atoms in total. The van der Waals surface area contributed by atoms with Crippen LogP contribution >= 0.6 is 0 Å². The Kier molecular flexibility index (Phi) is 4.98. The van der Waals surface area contributed by atoms with Gasteiger partial charge >= 0.3 is 0 Å². The Morgan fingerprint density at radius 3 is 2.73 bits per heavy atom. The molecule has 3 heteroatoms. The Morgan fingerprint density at radius 2 is 1.92 bits per heavy atom. The summed E-state index contributed by atoms with van der Waals surface area (Å²) in [6.07, 6.45) is 4.78. The second-order valence-corrected chi connectivity index (χ2v) is 7.31. The monoisotopic (exact) mass is 348 g/mol. The first kappa shape index (κ1) is 17.2. The third-order valence-electron chi connectivity index (χ3n) is 5.86. The molecule has 2 aromatic carbocycles. The van der Waals surface area contributed by atoms with Crippen LogP contribution in [0, 0.1) is 5.92 Å². The van der Waals surface area contributed by atoms with Crippen LogP contribution in [0.4, 0.5) is 5.69 Å². The van der Waals surface area contributed by atoms with Crippen LogP contribution in [0.1, 0.15) is 24.5 Å². The molecular weight excluding hydrogens is 320 g/mol. The largest absolute Gasteiger partial charge is 0.497 e. The summed E-state index contributed by atoms with van der Waals surface area (Å²) < 4.78 is 5.33. The summed E-state index contributed by atoms with van der Waals surface area (Å²) in [7, 11) is 1.72. The average molecular weight is 348 g/mol. The van der Waals surface area contributed by atoms with Crippen LogP contribution in [0.15, 0.2) is 54.6 Å². The van der Waals surface area contributed by atoms with Crippen LogP contribution in [-0.2, 0) is 6.42 Å². The van der Waals surface area contributed by atoms with E-state index < -0.39 is 0 Å². The standard InChI is InChI=1S/C23H28N2O/c1-17(21-9-5-7-18-6-3-4-8-22(18)21)23-16-24-14-15-25(23)19-10-12-20(26-2)13-11-19/h3-4,6,8-13,17,23-24H,5,7,14-16H2,1-2H3. The van der Waals surface area contributed by atoms with Crippen molar-refractivity contribution in [1.82, 2.24) is 5.32 Å². The van der Waals surface area contributed by atoms with Gasteiger partial charge in [-0.15, -0.1) is 0 Å². The number of hydrogen-bond acceptors (Lipinski definition) is 3. The smallest absolute Gasteiger partial charge is 0.119 e. The van der Waals surface area contributed by atoms with Gasteiger partial charge in [0.2, 0.25) is 0 Å². The lowest BCUT2D eigenvalue weighted by Gasteiger charge is -2.42. The predicted octanol–water partition coefficient (Wildman–Crippen LogP) is 4.14. The Morgan fingerprint density at radius 1 is 1.12 bits per heavy atom. The van der Waals surface area contributed by atoms with Gasteiger partial charge in [0.1, 0.15) is 5.75 Å². The highest BCUT2D eigenvalue weighted by molar-refractivity contribution is 5.72. The van der Waals surface area contributed by atoms with Gasteiger partial charge in [0.25, 0.3) is 0 Å². The molecule has 2 atom stereocenters. The predicted molar refractivity (Wildman–Crippen MR) is 109 cm³/mol. The van der Waals surface area contributed by atoms with E-state index in [4.69, 9.17) is 4.74 Å². The van der Waals surface area contributed by atoms with E-state index in [2.05, 4.69) is 71.7 Å². The maximum absolute atomic E-state index is 5.33. The van der Waals surface area contributed by atoms with E-state index in [1.807, 2.05) is 0 Å². The molecule has 1 N–H and O–H groups in total. The van der Waals surface area contributed by atoms with E-state index in [0.29, 0.717) is 12.0 Å². The number of piperazine rings is 1. The van der Waals surface area contributed by atoms with Gasteiger partial charge in [-0.2, -0.15) is 0 Å². The first-order valence-electron chi connectivity index (χ1n) is 9.67. The quantitative estimate of drug-likeness (QED) is 0.899. The molecule has 1 aliphatic heterocycles. The molecule has 26 heavy (non-hydrogen) atoms. The summed E-state index contributed by atoms with van der Waals surface area (Å²) in [4.78, 5) is 2.57. The van der Waals surface area contributed by atoms with Gasteiger partial charge in [0.15, 0.2) is 0 Å². The minimum atomic E-state index is 0.453. The van der Waals surface area contributed by atoms with Crippen LogP contribution in [0.2, 0.25) is 0 Å². The summed E-state index contributed by atoms with van der Waals surface area (Å²) in [5.74, 6) is 1.39. The highest BCUT2D eigenvalue weighted by Gasteiger charge is 2.31. The van der Waals surface area contributed by atoms with Crippen molar-refractivity contribution >= 4 is 11.3 Å². The zero-order valence-electron chi connectivity index (χ0n) is 15.7. The van der Waals surface area contributed by atoms with Crippen molar-refractivity contribution in [3.63, 3.8) is 0 Å². The van der Waals surface area contributed by atoms with E-state index in [-0.39, 0.29) is 0 Å². The third-order valence-corrected chi connectivity index (χ3v) is 5.86. The number of nitrogens with one attached hydrogen (secondary N) is 1. The molecule has 1 aliphatic carbocycles. The maximum Gasteiger partial charge on any atom is 0.119 e. The molecule has 2 aromatic rings. The molecule has 2 aliphatic rings. The number of methoxy groups -OCH3 is 1. The Bertz CT molecular complexity index is 781. The van der Waals surface area contributed by atoms with E-state index in [1.54, 1.807) is 7.11 Å². The van der Waals surface area contributed by atoms with Crippen LogP contribution in [0.25, 0.3) is 5.57 Å². The number of allylic oxidation sites excluding steroid dienone is 1. The first-order valence-corrected chi connectivity index (χ1v) is 9.67. The SMILES string of the molecule is COc1ccc(N2CCNCC2C(C)C2=CCCc3ccccc32)cc1. The Balaban J connectivity index is 1.62. The van der Waals surface area contributed by atoms with Crippen molar-refractivity contribution < 1.29 is 4.74 Å². The lowest BCUT2D eigenvalue weighted by Crippen LogP contribution is -2.54. The van der Waals surface area contributed by atoms with Crippen molar-refractivity contribution in [3.8, 4) is 5.75 Å². The summed E-state index contributed by atoms with van der Waals surface area (Å²) in [6.45, 7) is 5.48. The second kappa shape index (κ2) is 7.55. The van der Waals surface area contributed by atoms with Gasteiger partial charge in [-0.1, -0.05) is 37.3 Å². The molecular formula is C23H28N2O. The van der Waals surface area contributed by atoms with Gasteiger partial charge in [0, 0.05) is 37.3 Å². The molecule has 2 unspecified atom stereocenters. The number of aryl methyl sites for hydroxylation is 1. The summed E-state index contributed by atoms with van der Waals surface area (Å²) in [5.41, 5.74) is 5.75. The average Bonchev–Trinajstić information content (AvgIpc) is 2.73. The molecule has 0 saturated carbocycles. The highest BCUT2D eigenvalue weighted by Crippen LogP contribution is 2.36. The highest BCUT2D eigenvalue weighted by atomic mass is 16.5. The van der Waals surface area contributed by atoms with Crippen molar-refractivity contribution in [2.24, 2.45) is 5.92 Å². The van der Waals surface area contributed by atoms with Crippen molar-refractivity contribution in [1.29, 1.82) is 0 Å². The number of hydrogen-bond donors (Lipinski definition) is 1. The van der Waals surface area contributed by atoms with E-state index in [9.17, 15) is 0 Å². The number of rotatable bonds is 4. The van der Waals surface area contributed by atoms with Gasteiger partial charge in [-0.25, -0.2) is 0 Å². The number of nitrogens with zero attached hydrogens (tertiary/aromatic N) is 1. The number of fused-ring (bicyclic) bond motifs is 1. The lowest BCUT2D eigenvalue weighted by atomic mass is 9.80. The van der Waals surface area contributed by atoms with E-state index >= 15 is 0 Å². The van der Waals surface area contributed by atoms with Crippen LogP contribution in [-0.4, -0.2) is 32.8 Å². The van der Waals surface area contributed by atoms with Gasteiger partial charge in [-0.3, -0.25) is 0 Å². The normalized spacial score (nSPS) is 20.9. The Hall–Kier alpha value is -2.26. The second-order valence-electron chi connectivity index (χ2n) is 7.31. The number of ether oxygens (including phenoxy) is 1. The molecule has 0 spiro atoms. The van der Waals surface area contributed by atoms with Crippen molar-refractivity contribution in [2.45, 2.75) is 25.8 Å². The molecule has 0 amide bonds. The van der Waals surface area contributed by atoms with Crippen molar-refractivity contribution in [2.75, 3.05) is 31.6 Å². The summed E-state index contributed by atoms with van der Waals surface area (Å²) in [5, 5.41) is 3.61. The first-order chi connectivity index (χ1) is 12.8. The molecule has 136 valence electrons. The minimum Gasteiger partial charge on any atom is -0.497 e. The molecule has 1 heterocycles. The van der Waals surface area contributed by atoms with Crippen LogP contribution < -0.4 is 15.0 Å². The molecule has 1 saturated heterocycles. The lowest BCUT2D eigenvalue weighted by molar-refractivity contribution is 0.412. The van der Waals surface area contributed by atoms with Gasteiger partial charge in [0.05, 0.1) is 7.11 Å². The third kappa shape index (κ3) is 3.24. The zero-order chi connectivity index (χ0) is 17.9. The van der Waals surface area contributed by atoms with E-state index in [1.165, 1.54) is 22.4 Å². The number of benzene rings is 2. The summed E-state index contributed by atoms with van der Waals surface area (Å²) in [6, 6.07) is 17.9. The van der Waals surface area contributed by atoms with Crippen LogP contribution in [0.3, 0.4) is 0 Å². The fourth-order valence-corrected chi connectivity index (χ4v) is 4.42. The molecule has 4 rings (SSSR count). The fourth-order valence-electron chi connectivity index (χ4n) is 4.42. The summed E-state index contributed by atoms with van der Waals surface area (Å²) >= 11 is 0. The zero-order valence-corrected chi connectivity index (χ0v) is 15.7. The molecule has 0 bridgehead atoms. The van der Waals surface area contributed by atoms with E-state index in [0.717, 1.165) is 38.2 Å². The topological polar surface area (TPSA) is 24.5 Å². The molecule has 0 radical (unpaired) electrons.